The fraction of sp³-hybridized carbons (Fsp3) is 0.200. The standard InChI is InChI=1S/C20H19ClN2O3/c1-3-23-16-10-6-4-8-14(16)18(12-19(23)24)26-13-20(25)22(2)17-11-7-5-9-15(17)21/h4-12H,3,13H2,1-2H3. The summed E-state index contributed by atoms with van der Waals surface area (Å²) in [6.45, 7) is 2.28. The summed E-state index contributed by atoms with van der Waals surface area (Å²) < 4.78 is 7.36. The molecule has 2 aromatic carbocycles. The summed E-state index contributed by atoms with van der Waals surface area (Å²) in [7, 11) is 1.64. The minimum atomic E-state index is -0.262. The number of anilines is 1. The van der Waals surface area contributed by atoms with Crippen LogP contribution in [-0.4, -0.2) is 24.1 Å². The first-order chi connectivity index (χ1) is 12.5. The van der Waals surface area contributed by atoms with E-state index in [1.54, 1.807) is 29.8 Å². The molecule has 0 aliphatic rings. The third-order valence-electron chi connectivity index (χ3n) is 4.24. The highest BCUT2D eigenvalue weighted by atomic mass is 35.5. The van der Waals surface area contributed by atoms with Crippen LogP contribution in [0.1, 0.15) is 6.92 Å². The van der Waals surface area contributed by atoms with Crippen LogP contribution in [0.4, 0.5) is 5.69 Å². The summed E-state index contributed by atoms with van der Waals surface area (Å²) >= 11 is 6.13. The van der Waals surface area contributed by atoms with Gasteiger partial charge in [0.05, 0.1) is 16.2 Å². The summed E-state index contributed by atoms with van der Waals surface area (Å²) in [5.41, 5.74) is 1.23. The molecule has 134 valence electrons. The molecular formula is C20H19ClN2O3. The van der Waals surface area contributed by atoms with Crippen molar-refractivity contribution in [2.45, 2.75) is 13.5 Å². The molecule has 0 saturated heterocycles. The number of halogens is 1. The number of benzene rings is 2. The first kappa shape index (κ1) is 18.0. The number of amides is 1. The Balaban J connectivity index is 1.85. The van der Waals surface area contributed by atoms with Crippen LogP contribution in [0.2, 0.25) is 5.02 Å². The minimum absolute atomic E-state index is 0.159. The fourth-order valence-corrected chi connectivity index (χ4v) is 3.11. The average molecular weight is 371 g/mol. The third kappa shape index (κ3) is 3.44. The van der Waals surface area contributed by atoms with Crippen molar-refractivity contribution < 1.29 is 9.53 Å². The van der Waals surface area contributed by atoms with E-state index in [1.165, 1.54) is 11.0 Å². The van der Waals surface area contributed by atoms with Gasteiger partial charge in [-0.2, -0.15) is 0 Å². The highest BCUT2D eigenvalue weighted by Gasteiger charge is 2.16. The lowest BCUT2D eigenvalue weighted by Crippen LogP contribution is -2.31. The van der Waals surface area contributed by atoms with E-state index in [2.05, 4.69) is 0 Å². The van der Waals surface area contributed by atoms with Crippen LogP contribution in [-0.2, 0) is 11.3 Å². The minimum Gasteiger partial charge on any atom is -0.483 e. The summed E-state index contributed by atoms with van der Waals surface area (Å²) in [5.74, 6) is 0.137. The van der Waals surface area contributed by atoms with Crippen molar-refractivity contribution in [1.82, 2.24) is 4.57 Å². The summed E-state index contributed by atoms with van der Waals surface area (Å²) in [4.78, 5) is 26.2. The number of para-hydroxylation sites is 2. The molecule has 0 aliphatic heterocycles. The molecule has 1 aromatic heterocycles. The molecule has 1 amide bonds. The molecule has 0 N–H and O–H groups in total. The second-order valence-corrected chi connectivity index (χ2v) is 6.21. The van der Waals surface area contributed by atoms with Crippen molar-refractivity contribution >= 4 is 34.1 Å². The molecule has 0 unspecified atom stereocenters. The Bertz CT molecular complexity index is 1010. The number of hydrogen-bond acceptors (Lipinski definition) is 3. The smallest absolute Gasteiger partial charge is 0.264 e. The summed E-state index contributed by atoms with van der Waals surface area (Å²) in [5, 5.41) is 1.28. The van der Waals surface area contributed by atoms with Gasteiger partial charge in [-0.15, -0.1) is 0 Å². The van der Waals surface area contributed by atoms with Gasteiger partial charge in [0, 0.05) is 25.0 Å². The van der Waals surface area contributed by atoms with Crippen LogP contribution >= 0.6 is 11.6 Å². The largest absolute Gasteiger partial charge is 0.483 e. The van der Waals surface area contributed by atoms with Crippen molar-refractivity contribution in [3.8, 4) is 5.75 Å². The Morgan fingerprint density at radius 2 is 1.85 bits per heavy atom. The molecule has 26 heavy (non-hydrogen) atoms. The molecular weight excluding hydrogens is 352 g/mol. The van der Waals surface area contributed by atoms with E-state index in [-0.39, 0.29) is 18.1 Å². The maximum atomic E-state index is 12.5. The fourth-order valence-electron chi connectivity index (χ4n) is 2.84. The van der Waals surface area contributed by atoms with Crippen molar-refractivity contribution in [2.24, 2.45) is 0 Å². The third-order valence-corrected chi connectivity index (χ3v) is 4.56. The van der Waals surface area contributed by atoms with Crippen LogP contribution in [0.5, 0.6) is 5.75 Å². The topological polar surface area (TPSA) is 51.5 Å². The maximum Gasteiger partial charge on any atom is 0.264 e. The van der Waals surface area contributed by atoms with Gasteiger partial charge in [-0.3, -0.25) is 9.59 Å². The van der Waals surface area contributed by atoms with Crippen molar-refractivity contribution in [3.63, 3.8) is 0 Å². The molecule has 0 radical (unpaired) electrons. The number of rotatable bonds is 5. The van der Waals surface area contributed by atoms with Gasteiger partial charge in [-0.05, 0) is 31.2 Å². The van der Waals surface area contributed by atoms with Gasteiger partial charge in [0.25, 0.3) is 11.5 Å². The van der Waals surface area contributed by atoms with Gasteiger partial charge in [-0.1, -0.05) is 35.9 Å². The van der Waals surface area contributed by atoms with Crippen LogP contribution in [0, 0.1) is 0 Å². The first-order valence-electron chi connectivity index (χ1n) is 8.29. The molecule has 0 bridgehead atoms. The number of carbonyl (C=O) groups excluding carboxylic acids is 1. The highest BCUT2D eigenvalue weighted by Crippen LogP contribution is 2.26. The maximum absolute atomic E-state index is 12.5. The normalized spacial score (nSPS) is 10.7. The van der Waals surface area contributed by atoms with E-state index in [0.29, 0.717) is 23.0 Å². The lowest BCUT2D eigenvalue weighted by Gasteiger charge is -2.19. The number of carbonyl (C=O) groups is 1. The predicted molar refractivity (Wildman–Crippen MR) is 104 cm³/mol. The SMILES string of the molecule is CCn1c(=O)cc(OCC(=O)N(C)c2ccccc2Cl)c2ccccc21. The second-order valence-electron chi connectivity index (χ2n) is 5.80. The van der Waals surface area contributed by atoms with Crippen LogP contribution < -0.4 is 15.2 Å². The quantitative estimate of drug-likeness (QED) is 0.687. The van der Waals surface area contributed by atoms with Gasteiger partial charge >= 0.3 is 0 Å². The molecule has 3 aromatic rings. The number of likely N-dealkylation sites (N-methyl/N-ethyl adjacent to an activating group) is 1. The van der Waals surface area contributed by atoms with Gasteiger partial charge in [0.15, 0.2) is 6.61 Å². The Hall–Kier alpha value is -2.79. The number of pyridine rings is 1. The molecule has 1 heterocycles. The Morgan fingerprint density at radius 3 is 2.58 bits per heavy atom. The molecule has 0 saturated carbocycles. The van der Waals surface area contributed by atoms with Gasteiger partial charge < -0.3 is 14.2 Å². The molecule has 6 heteroatoms. The van der Waals surface area contributed by atoms with Crippen LogP contribution in [0.25, 0.3) is 10.9 Å². The van der Waals surface area contributed by atoms with Crippen molar-refractivity contribution in [2.75, 3.05) is 18.6 Å². The van der Waals surface area contributed by atoms with Crippen LogP contribution in [0.15, 0.2) is 59.4 Å². The Kier molecular flexibility index (Phi) is 5.28. The number of aryl methyl sites for hydroxylation is 1. The lowest BCUT2D eigenvalue weighted by molar-refractivity contribution is -0.120. The van der Waals surface area contributed by atoms with E-state index in [0.717, 1.165) is 10.9 Å². The zero-order chi connectivity index (χ0) is 18.7. The number of fused-ring (bicyclic) bond motifs is 1. The van der Waals surface area contributed by atoms with Gasteiger partial charge in [0.2, 0.25) is 0 Å². The molecule has 0 atom stereocenters. The zero-order valence-electron chi connectivity index (χ0n) is 14.6. The monoisotopic (exact) mass is 370 g/mol. The van der Waals surface area contributed by atoms with Crippen molar-refractivity contribution in [1.29, 1.82) is 0 Å². The summed E-state index contributed by atoms with van der Waals surface area (Å²) in [6.07, 6.45) is 0. The molecule has 0 fully saturated rings. The second kappa shape index (κ2) is 7.62. The molecule has 0 aliphatic carbocycles. The lowest BCUT2D eigenvalue weighted by atomic mass is 10.2. The Morgan fingerprint density at radius 1 is 1.15 bits per heavy atom. The van der Waals surface area contributed by atoms with Crippen molar-refractivity contribution in [3.05, 3.63) is 70.0 Å². The van der Waals surface area contributed by atoms with Gasteiger partial charge in [-0.25, -0.2) is 0 Å². The van der Waals surface area contributed by atoms with Gasteiger partial charge in [0.1, 0.15) is 5.75 Å². The first-order valence-corrected chi connectivity index (χ1v) is 8.67. The summed E-state index contributed by atoms with van der Waals surface area (Å²) in [6, 6.07) is 16.0. The average Bonchev–Trinajstić information content (AvgIpc) is 2.65. The zero-order valence-corrected chi connectivity index (χ0v) is 15.4. The Labute approximate surface area is 156 Å². The molecule has 3 rings (SSSR count). The number of hydrogen-bond donors (Lipinski definition) is 0. The van der Waals surface area contributed by atoms with E-state index in [1.807, 2.05) is 37.3 Å². The van der Waals surface area contributed by atoms with E-state index < -0.39 is 0 Å². The highest BCUT2D eigenvalue weighted by molar-refractivity contribution is 6.33. The number of nitrogens with zero attached hydrogens (tertiary/aromatic N) is 2. The molecule has 0 spiro atoms. The predicted octanol–water partition coefficient (Wildman–Crippen LogP) is 3.72. The molecule has 5 nitrogen and oxygen atoms in total. The number of ether oxygens (including phenoxy) is 1. The van der Waals surface area contributed by atoms with E-state index in [9.17, 15) is 9.59 Å². The van der Waals surface area contributed by atoms with E-state index >= 15 is 0 Å². The van der Waals surface area contributed by atoms with E-state index in [4.69, 9.17) is 16.3 Å². The van der Waals surface area contributed by atoms with Crippen LogP contribution in [0.3, 0.4) is 0 Å². The number of aromatic nitrogens is 1.